The van der Waals surface area contributed by atoms with Gasteiger partial charge < -0.3 is 5.32 Å². The molecule has 0 spiro atoms. The molecule has 1 fully saturated rings. The van der Waals surface area contributed by atoms with E-state index in [4.69, 9.17) is 0 Å². The molecule has 1 aromatic rings. The molecule has 19 heavy (non-hydrogen) atoms. The summed E-state index contributed by atoms with van der Waals surface area (Å²) in [4.78, 5) is 2.75. The van der Waals surface area contributed by atoms with Gasteiger partial charge in [0, 0.05) is 12.6 Å². The number of piperidine rings is 1. The zero-order valence-electron chi connectivity index (χ0n) is 12.1. The van der Waals surface area contributed by atoms with Crippen molar-refractivity contribution in [1.29, 1.82) is 0 Å². The Morgan fingerprint density at radius 3 is 3.00 bits per heavy atom. The summed E-state index contributed by atoms with van der Waals surface area (Å²) in [7, 11) is 2.08. The lowest BCUT2D eigenvalue weighted by atomic mass is 9.85. The third-order valence-corrected chi connectivity index (χ3v) is 4.82. The topological polar surface area (TPSA) is 15.3 Å². The predicted octanol–water partition coefficient (Wildman–Crippen LogP) is 3.00. The smallest absolute Gasteiger partial charge is 0.0351 e. The van der Waals surface area contributed by atoms with Crippen LogP contribution in [0.3, 0.4) is 0 Å². The molecule has 2 atom stereocenters. The van der Waals surface area contributed by atoms with Crippen molar-refractivity contribution in [2.75, 3.05) is 26.7 Å². The van der Waals surface area contributed by atoms with Gasteiger partial charge >= 0.3 is 0 Å². The summed E-state index contributed by atoms with van der Waals surface area (Å²) in [5, 5.41) is 3.35. The zero-order valence-corrected chi connectivity index (χ0v) is 12.1. The molecular formula is C17H26N2. The molecule has 2 heteroatoms. The van der Waals surface area contributed by atoms with E-state index in [9.17, 15) is 0 Å². The van der Waals surface area contributed by atoms with Gasteiger partial charge in [0.25, 0.3) is 0 Å². The number of hydrogen-bond donors (Lipinski definition) is 1. The monoisotopic (exact) mass is 258 g/mol. The Balaban J connectivity index is 1.75. The van der Waals surface area contributed by atoms with Gasteiger partial charge in [-0.2, -0.15) is 0 Å². The molecule has 0 amide bonds. The van der Waals surface area contributed by atoms with Gasteiger partial charge in [-0.3, -0.25) is 4.90 Å². The largest absolute Gasteiger partial charge is 0.319 e. The van der Waals surface area contributed by atoms with E-state index in [1.165, 1.54) is 51.7 Å². The quantitative estimate of drug-likeness (QED) is 0.896. The molecule has 2 aliphatic rings. The first-order valence-electron chi connectivity index (χ1n) is 7.85. The molecule has 1 aliphatic heterocycles. The molecule has 0 aromatic heterocycles. The Morgan fingerprint density at radius 1 is 1.21 bits per heavy atom. The highest BCUT2D eigenvalue weighted by Gasteiger charge is 2.29. The fourth-order valence-corrected chi connectivity index (χ4v) is 3.94. The Hall–Kier alpha value is -0.860. The summed E-state index contributed by atoms with van der Waals surface area (Å²) in [6.45, 7) is 3.74. The second kappa shape index (κ2) is 6.06. The highest BCUT2D eigenvalue weighted by molar-refractivity contribution is 5.32. The number of nitrogens with zero attached hydrogens (tertiary/aromatic N) is 1. The summed E-state index contributed by atoms with van der Waals surface area (Å²) in [5.41, 5.74) is 3.20. The Morgan fingerprint density at radius 2 is 2.11 bits per heavy atom. The molecule has 2 nitrogen and oxygen atoms in total. The van der Waals surface area contributed by atoms with E-state index in [0.29, 0.717) is 6.04 Å². The van der Waals surface area contributed by atoms with Crippen LogP contribution < -0.4 is 5.32 Å². The Kier molecular flexibility index (Phi) is 4.19. The van der Waals surface area contributed by atoms with E-state index in [1.54, 1.807) is 11.1 Å². The van der Waals surface area contributed by atoms with Gasteiger partial charge in [-0.25, -0.2) is 0 Å². The number of benzene rings is 1. The molecular weight excluding hydrogens is 232 g/mol. The average Bonchev–Trinajstić information content (AvgIpc) is 2.47. The van der Waals surface area contributed by atoms with Crippen molar-refractivity contribution < 1.29 is 0 Å². The zero-order chi connectivity index (χ0) is 13.1. The molecule has 1 heterocycles. The van der Waals surface area contributed by atoms with Crippen LogP contribution in [0.5, 0.6) is 0 Å². The van der Waals surface area contributed by atoms with Gasteiger partial charge in [0.05, 0.1) is 0 Å². The van der Waals surface area contributed by atoms with Crippen molar-refractivity contribution >= 4 is 0 Å². The minimum Gasteiger partial charge on any atom is -0.319 e. The Bertz CT molecular complexity index is 413. The number of rotatable bonds is 3. The van der Waals surface area contributed by atoms with Crippen LogP contribution in [-0.4, -0.2) is 31.6 Å². The summed E-state index contributed by atoms with van der Waals surface area (Å²) < 4.78 is 0. The van der Waals surface area contributed by atoms with Gasteiger partial charge in [0.2, 0.25) is 0 Å². The van der Waals surface area contributed by atoms with Crippen molar-refractivity contribution in [3.63, 3.8) is 0 Å². The lowest BCUT2D eigenvalue weighted by Crippen LogP contribution is -2.42. The minimum atomic E-state index is 0.685. The fourth-order valence-electron chi connectivity index (χ4n) is 3.94. The second-order valence-corrected chi connectivity index (χ2v) is 6.17. The third kappa shape index (κ3) is 2.85. The standard InChI is InChI=1S/C17H26N2/c1-18-12-14-6-5-11-19(13-14)17-10-4-8-15-7-2-3-9-16(15)17/h2-3,7,9,14,17-18H,4-6,8,10-13H2,1H3. The molecule has 1 aromatic carbocycles. The number of nitrogens with one attached hydrogen (secondary N) is 1. The van der Waals surface area contributed by atoms with Crippen LogP contribution in [0.15, 0.2) is 24.3 Å². The fraction of sp³-hybridized carbons (Fsp3) is 0.647. The van der Waals surface area contributed by atoms with E-state index in [2.05, 4.69) is 41.5 Å². The van der Waals surface area contributed by atoms with Gasteiger partial charge in [-0.15, -0.1) is 0 Å². The molecule has 0 radical (unpaired) electrons. The first-order chi connectivity index (χ1) is 9.38. The predicted molar refractivity (Wildman–Crippen MR) is 80.3 cm³/mol. The molecule has 1 saturated heterocycles. The molecule has 2 unspecified atom stereocenters. The van der Waals surface area contributed by atoms with Crippen LogP contribution in [0, 0.1) is 5.92 Å². The molecule has 0 bridgehead atoms. The maximum absolute atomic E-state index is 3.35. The van der Waals surface area contributed by atoms with E-state index in [0.717, 1.165) is 5.92 Å². The van der Waals surface area contributed by atoms with Crippen molar-refractivity contribution in [2.24, 2.45) is 5.92 Å². The van der Waals surface area contributed by atoms with Crippen LogP contribution in [-0.2, 0) is 6.42 Å². The highest BCUT2D eigenvalue weighted by atomic mass is 15.2. The molecule has 0 saturated carbocycles. The number of fused-ring (bicyclic) bond motifs is 1. The molecule has 104 valence electrons. The van der Waals surface area contributed by atoms with E-state index in [-0.39, 0.29) is 0 Å². The first-order valence-corrected chi connectivity index (χ1v) is 7.85. The Labute approximate surface area is 117 Å². The van der Waals surface area contributed by atoms with Crippen LogP contribution in [0.25, 0.3) is 0 Å². The van der Waals surface area contributed by atoms with Gasteiger partial charge in [0.1, 0.15) is 0 Å². The average molecular weight is 258 g/mol. The molecule has 3 rings (SSSR count). The molecule has 1 N–H and O–H groups in total. The second-order valence-electron chi connectivity index (χ2n) is 6.17. The van der Waals surface area contributed by atoms with Crippen molar-refractivity contribution in [1.82, 2.24) is 10.2 Å². The third-order valence-electron chi connectivity index (χ3n) is 4.82. The number of aryl methyl sites for hydroxylation is 1. The molecule has 1 aliphatic carbocycles. The summed E-state index contributed by atoms with van der Waals surface area (Å²) in [5.74, 6) is 0.841. The SMILES string of the molecule is CNCC1CCCN(C2CCCc3ccccc32)C1. The number of hydrogen-bond acceptors (Lipinski definition) is 2. The van der Waals surface area contributed by atoms with Gasteiger partial charge in [-0.1, -0.05) is 24.3 Å². The van der Waals surface area contributed by atoms with Crippen LogP contribution in [0.4, 0.5) is 0 Å². The lowest BCUT2D eigenvalue weighted by molar-refractivity contribution is 0.111. The normalized spacial score (nSPS) is 28.1. The minimum absolute atomic E-state index is 0.685. The summed E-state index contributed by atoms with van der Waals surface area (Å²) in [6.07, 6.45) is 6.75. The van der Waals surface area contributed by atoms with Crippen LogP contribution >= 0.6 is 0 Å². The van der Waals surface area contributed by atoms with Crippen LogP contribution in [0.2, 0.25) is 0 Å². The highest BCUT2D eigenvalue weighted by Crippen LogP contribution is 2.36. The summed E-state index contributed by atoms with van der Waals surface area (Å²) >= 11 is 0. The lowest BCUT2D eigenvalue weighted by Gasteiger charge is -2.41. The maximum atomic E-state index is 3.35. The maximum Gasteiger partial charge on any atom is 0.0351 e. The van der Waals surface area contributed by atoms with Gasteiger partial charge in [0.15, 0.2) is 0 Å². The summed E-state index contributed by atoms with van der Waals surface area (Å²) in [6, 6.07) is 9.79. The number of likely N-dealkylation sites (tertiary alicyclic amines) is 1. The van der Waals surface area contributed by atoms with E-state index < -0.39 is 0 Å². The first kappa shape index (κ1) is 13.1. The van der Waals surface area contributed by atoms with Crippen LogP contribution in [0.1, 0.15) is 42.9 Å². The van der Waals surface area contributed by atoms with Crippen molar-refractivity contribution in [2.45, 2.75) is 38.1 Å². The van der Waals surface area contributed by atoms with E-state index in [1.807, 2.05) is 0 Å². The van der Waals surface area contributed by atoms with E-state index >= 15 is 0 Å². The van der Waals surface area contributed by atoms with Crippen molar-refractivity contribution in [3.05, 3.63) is 35.4 Å². The van der Waals surface area contributed by atoms with Gasteiger partial charge in [-0.05, 0) is 69.3 Å². The van der Waals surface area contributed by atoms with Crippen molar-refractivity contribution in [3.8, 4) is 0 Å².